The van der Waals surface area contributed by atoms with E-state index in [4.69, 9.17) is 27.9 Å². The SMILES string of the molecule is CCOc1cccc(CNC(=O)c2cnc(Cl)c(Cl)c2)c1. The molecule has 0 saturated carbocycles. The van der Waals surface area contributed by atoms with Crippen molar-refractivity contribution in [3.05, 3.63) is 57.8 Å². The Labute approximate surface area is 133 Å². The zero-order chi connectivity index (χ0) is 15.2. The molecule has 2 rings (SSSR count). The summed E-state index contributed by atoms with van der Waals surface area (Å²) in [6.45, 7) is 2.91. The van der Waals surface area contributed by atoms with E-state index in [1.165, 1.54) is 12.3 Å². The third kappa shape index (κ3) is 4.34. The molecular weight excluding hydrogens is 311 g/mol. The van der Waals surface area contributed by atoms with Crippen molar-refractivity contribution in [2.45, 2.75) is 13.5 Å². The van der Waals surface area contributed by atoms with Crippen LogP contribution in [0.25, 0.3) is 0 Å². The number of nitrogens with zero attached hydrogens (tertiary/aromatic N) is 1. The van der Waals surface area contributed by atoms with Crippen LogP contribution in [-0.4, -0.2) is 17.5 Å². The van der Waals surface area contributed by atoms with E-state index in [1.807, 2.05) is 31.2 Å². The zero-order valence-corrected chi connectivity index (χ0v) is 12.9. The van der Waals surface area contributed by atoms with E-state index < -0.39 is 0 Å². The van der Waals surface area contributed by atoms with Gasteiger partial charge in [0.25, 0.3) is 5.91 Å². The van der Waals surface area contributed by atoms with Gasteiger partial charge in [-0.1, -0.05) is 35.3 Å². The summed E-state index contributed by atoms with van der Waals surface area (Å²) in [5.41, 5.74) is 1.31. The summed E-state index contributed by atoms with van der Waals surface area (Å²) in [7, 11) is 0. The van der Waals surface area contributed by atoms with E-state index in [0.29, 0.717) is 18.7 Å². The highest BCUT2D eigenvalue weighted by Gasteiger charge is 2.09. The van der Waals surface area contributed by atoms with E-state index in [0.717, 1.165) is 11.3 Å². The highest BCUT2D eigenvalue weighted by molar-refractivity contribution is 6.41. The third-order valence-electron chi connectivity index (χ3n) is 2.72. The number of pyridine rings is 1. The molecule has 0 radical (unpaired) electrons. The van der Waals surface area contributed by atoms with Crippen molar-refractivity contribution in [3.8, 4) is 5.75 Å². The average molecular weight is 325 g/mol. The summed E-state index contributed by atoms with van der Waals surface area (Å²) in [4.78, 5) is 15.9. The lowest BCUT2D eigenvalue weighted by atomic mass is 10.2. The lowest BCUT2D eigenvalue weighted by molar-refractivity contribution is 0.0950. The standard InChI is InChI=1S/C15H14Cl2N2O2/c1-2-21-12-5-3-4-10(6-12)8-19-15(20)11-7-13(16)14(17)18-9-11/h3-7,9H,2,8H2,1H3,(H,19,20). The van der Waals surface area contributed by atoms with Crippen LogP contribution in [0.5, 0.6) is 5.75 Å². The number of hydrogen-bond donors (Lipinski definition) is 1. The minimum atomic E-state index is -0.261. The summed E-state index contributed by atoms with van der Waals surface area (Å²) in [5.74, 6) is 0.517. The van der Waals surface area contributed by atoms with Gasteiger partial charge in [-0.2, -0.15) is 0 Å². The Kier molecular flexibility index (Phi) is 5.42. The maximum atomic E-state index is 12.0. The molecule has 0 aliphatic heterocycles. The van der Waals surface area contributed by atoms with Crippen molar-refractivity contribution < 1.29 is 9.53 Å². The second kappa shape index (κ2) is 7.29. The minimum Gasteiger partial charge on any atom is -0.494 e. The van der Waals surface area contributed by atoms with Gasteiger partial charge in [0.15, 0.2) is 0 Å². The van der Waals surface area contributed by atoms with Gasteiger partial charge < -0.3 is 10.1 Å². The van der Waals surface area contributed by atoms with Gasteiger partial charge in [-0.25, -0.2) is 4.98 Å². The number of benzene rings is 1. The van der Waals surface area contributed by atoms with E-state index in [1.54, 1.807) is 0 Å². The molecule has 1 amide bonds. The number of nitrogens with one attached hydrogen (secondary N) is 1. The molecule has 6 heteroatoms. The molecule has 1 N–H and O–H groups in total. The second-order valence-electron chi connectivity index (χ2n) is 4.26. The Morgan fingerprint density at radius 2 is 2.14 bits per heavy atom. The molecule has 0 aliphatic rings. The number of amides is 1. The first kappa shape index (κ1) is 15.6. The molecule has 0 unspecified atom stereocenters. The number of carbonyl (C=O) groups excluding carboxylic acids is 1. The van der Waals surface area contributed by atoms with Crippen LogP contribution in [0.15, 0.2) is 36.5 Å². The van der Waals surface area contributed by atoms with Crippen molar-refractivity contribution in [3.63, 3.8) is 0 Å². The van der Waals surface area contributed by atoms with Gasteiger partial charge in [0, 0.05) is 12.7 Å². The maximum absolute atomic E-state index is 12.0. The highest BCUT2D eigenvalue weighted by atomic mass is 35.5. The van der Waals surface area contributed by atoms with Gasteiger partial charge in [0.2, 0.25) is 0 Å². The Balaban J connectivity index is 2.00. The third-order valence-corrected chi connectivity index (χ3v) is 3.41. The van der Waals surface area contributed by atoms with Gasteiger partial charge in [0.05, 0.1) is 17.2 Å². The average Bonchev–Trinajstić information content (AvgIpc) is 2.48. The van der Waals surface area contributed by atoms with Gasteiger partial charge >= 0.3 is 0 Å². The first-order valence-electron chi connectivity index (χ1n) is 6.41. The summed E-state index contributed by atoms with van der Waals surface area (Å²) >= 11 is 11.6. The van der Waals surface area contributed by atoms with Crippen LogP contribution >= 0.6 is 23.2 Å². The number of halogens is 2. The lowest BCUT2D eigenvalue weighted by Gasteiger charge is -2.08. The molecule has 21 heavy (non-hydrogen) atoms. The molecule has 2 aromatic rings. The van der Waals surface area contributed by atoms with Crippen molar-refractivity contribution in [2.24, 2.45) is 0 Å². The number of aromatic nitrogens is 1. The maximum Gasteiger partial charge on any atom is 0.253 e. The fourth-order valence-electron chi connectivity index (χ4n) is 1.74. The van der Waals surface area contributed by atoms with Crippen LogP contribution in [-0.2, 0) is 6.54 Å². The van der Waals surface area contributed by atoms with Crippen LogP contribution in [0.2, 0.25) is 10.2 Å². The molecule has 1 heterocycles. The van der Waals surface area contributed by atoms with Crippen molar-refractivity contribution in [1.82, 2.24) is 10.3 Å². The van der Waals surface area contributed by atoms with Crippen molar-refractivity contribution in [1.29, 1.82) is 0 Å². The van der Waals surface area contributed by atoms with E-state index >= 15 is 0 Å². The van der Waals surface area contributed by atoms with Gasteiger partial charge in [-0.05, 0) is 30.7 Å². The summed E-state index contributed by atoms with van der Waals surface area (Å²) in [6.07, 6.45) is 1.39. The van der Waals surface area contributed by atoms with Gasteiger partial charge in [-0.15, -0.1) is 0 Å². The van der Waals surface area contributed by atoms with E-state index in [-0.39, 0.29) is 16.1 Å². The van der Waals surface area contributed by atoms with Gasteiger partial charge in [-0.3, -0.25) is 4.79 Å². The molecule has 4 nitrogen and oxygen atoms in total. The Hall–Kier alpha value is -1.78. The highest BCUT2D eigenvalue weighted by Crippen LogP contribution is 2.19. The zero-order valence-electron chi connectivity index (χ0n) is 11.4. The van der Waals surface area contributed by atoms with Crippen molar-refractivity contribution in [2.75, 3.05) is 6.61 Å². The van der Waals surface area contributed by atoms with Crippen LogP contribution in [0, 0.1) is 0 Å². The number of rotatable bonds is 5. The number of hydrogen-bond acceptors (Lipinski definition) is 3. The molecule has 0 fully saturated rings. The fourth-order valence-corrected chi connectivity index (χ4v) is 2.01. The normalized spacial score (nSPS) is 10.2. The fraction of sp³-hybridized carbons (Fsp3) is 0.200. The molecule has 110 valence electrons. The Morgan fingerprint density at radius 3 is 2.86 bits per heavy atom. The van der Waals surface area contributed by atoms with Gasteiger partial charge in [0.1, 0.15) is 10.9 Å². The molecule has 0 aliphatic carbocycles. The smallest absolute Gasteiger partial charge is 0.253 e. The minimum absolute atomic E-state index is 0.178. The van der Waals surface area contributed by atoms with Crippen molar-refractivity contribution >= 4 is 29.1 Å². The topological polar surface area (TPSA) is 51.2 Å². The first-order chi connectivity index (χ1) is 10.1. The molecule has 0 bridgehead atoms. The summed E-state index contributed by atoms with van der Waals surface area (Å²) < 4.78 is 5.41. The first-order valence-corrected chi connectivity index (χ1v) is 7.16. The van der Waals surface area contributed by atoms with Crippen LogP contribution in [0.3, 0.4) is 0 Å². The number of carbonyl (C=O) groups is 1. The molecule has 1 aromatic carbocycles. The van der Waals surface area contributed by atoms with E-state index in [9.17, 15) is 4.79 Å². The van der Waals surface area contributed by atoms with Crippen LogP contribution in [0.1, 0.15) is 22.8 Å². The Bertz CT molecular complexity index is 647. The monoisotopic (exact) mass is 324 g/mol. The summed E-state index contributed by atoms with van der Waals surface area (Å²) in [5, 5.41) is 3.23. The molecular formula is C15H14Cl2N2O2. The van der Waals surface area contributed by atoms with E-state index in [2.05, 4.69) is 10.3 Å². The molecule has 0 spiro atoms. The number of ether oxygens (including phenoxy) is 1. The predicted octanol–water partition coefficient (Wildman–Crippen LogP) is 3.72. The molecule has 0 saturated heterocycles. The lowest BCUT2D eigenvalue weighted by Crippen LogP contribution is -2.23. The summed E-state index contributed by atoms with van der Waals surface area (Å²) in [6, 6.07) is 9.04. The molecule has 1 aromatic heterocycles. The predicted molar refractivity (Wildman–Crippen MR) is 83.0 cm³/mol. The Morgan fingerprint density at radius 1 is 1.33 bits per heavy atom. The van der Waals surface area contributed by atoms with Crippen LogP contribution < -0.4 is 10.1 Å². The second-order valence-corrected chi connectivity index (χ2v) is 5.02. The quantitative estimate of drug-likeness (QED) is 0.853. The molecule has 0 atom stereocenters. The largest absolute Gasteiger partial charge is 0.494 e. The van der Waals surface area contributed by atoms with Crippen LogP contribution in [0.4, 0.5) is 0 Å².